The first-order valence-electron chi connectivity index (χ1n) is 10.5. The molecule has 2 heterocycles. The quantitative estimate of drug-likeness (QED) is 0.257. The Morgan fingerprint density at radius 3 is 2.52 bits per heavy atom. The molecule has 160 valence electrons. The highest BCUT2D eigenvalue weighted by Gasteiger charge is 2.18. The Morgan fingerprint density at radius 1 is 1.06 bits per heavy atom. The van der Waals surface area contributed by atoms with Gasteiger partial charge in [-0.25, -0.2) is 4.98 Å². The summed E-state index contributed by atoms with van der Waals surface area (Å²) in [4.78, 5) is 20.0. The second-order valence-corrected chi connectivity index (χ2v) is 9.55. The van der Waals surface area contributed by atoms with E-state index in [4.69, 9.17) is 4.74 Å². The predicted molar refractivity (Wildman–Crippen MR) is 132 cm³/mol. The molecule has 0 fully saturated rings. The van der Waals surface area contributed by atoms with Crippen LogP contribution in [0.3, 0.4) is 0 Å². The van der Waals surface area contributed by atoms with Crippen molar-refractivity contribution in [2.45, 2.75) is 39.7 Å². The van der Waals surface area contributed by atoms with Crippen molar-refractivity contribution >= 4 is 37.5 Å². The summed E-state index contributed by atoms with van der Waals surface area (Å²) in [6.07, 6.45) is 4.30. The van der Waals surface area contributed by atoms with Gasteiger partial charge in [-0.2, -0.15) is 0 Å². The third-order valence-electron chi connectivity index (χ3n) is 5.29. The molecule has 0 aliphatic carbocycles. The monoisotopic (exact) mass is 496 g/mol. The molecule has 2 aromatic carbocycles. The number of aryl methyl sites for hydroxylation is 3. The lowest BCUT2D eigenvalue weighted by Crippen LogP contribution is -2.20. The number of fused-ring (bicyclic) bond motifs is 1. The minimum Gasteiger partial charge on any atom is -0.494 e. The van der Waals surface area contributed by atoms with E-state index in [1.807, 2.05) is 36.4 Å². The first-order chi connectivity index (χ1) is 15.1. The number of nitrogens with zero attached hydrogens (tertiary/aromatic N) is 2. The molecule has 6 heteroatoms. The molecule has 0 atom stereocenters. The topological polar surface area (TPSA) is 44.1 Å². The van der Waals surface area contributed by atoms with Crippen LogP contribution >= 0.6 is 27.3 Å². The fourth-order valence-corrected chi connectivity index (χ4v) is 4.97. The van der Waals surface area contributed by atoms with Gasteiger partial charge in [0.15, 0.2) is 0 Å². The van der Waals surface area contributed by atoms with Crippen LogP contribution in [-0.4, -0.2) is 16.2 Å². The third-order valence-corrected chi connectivity index (χ3v) is 7.06. The van der Waals surface area contributed by atoms with Crippen molar-refractivity contribution in [1.29, 1.82) is 0 Å². The Morgan fingerprint density at radius 2 is 1.81 bits per heavy atom. The van der Waals surface area contributed by atoms with E-state index in [1.54, 1.807) is 22.2 Å². The highest BCUT2D eigenvalue weighted by molar-refractivity contribution is 9.10. The van der Waals surface area contributed by atoms with E-state index in [1.165, 1.54) is 10.4 Å². The van der Waals surface area contributed by atoms with Crippen LogP contribution in [0.2, 0.25) is 0 Å². The standard InChI is InChI=1S/C25H25BrN2O2S/c1-3-21-22(18-8-10-19(26)11-9-18)23-24(31-21)27-16-28(25(23)29)14-4-5-15-30-20-12-6-17(2)7-13-20/h6-13,16H,3-5,14-15H2,1-2H3. The molecule has 0 spiro atoms. The van der Waals surface area contributed by atoms with Gasteiger partial charge in [-0.05, 0) is 56.0 Å². The maximum atomic E-state index is 13.3. The van der Waals surface area contributed by atoms with Crippen molar-refractivity contribution in [3.63, 3.8) is 0 Å². The van der Waals surface area contributed by atoms with Crippen molar-refractivity contribution in [2.75, 3.05) is 6.61 Å². The second kappa shape index (κ2) is 9.79. The van der Waals surface area contributed by atoms with Crippen molar-refractivity contribution in [1.82, 2.24) is 9.55 Å². The highest BCUT2D eigenvalue weighted by atomic mass is 79.9. The average molecular weight is 497 g/mol. The average Bonchev–Trinajstić information content (AvgIpc) is 3.16. The highest BCUT2D eigenvalue weighted by Crippen LogP contribution is 2.36. The van der Waals surface area contributed by atoms with Crippen LogP contribution in [0.4, 0.5) is 0 Å². The molecule has 0 amide bonds. The minimum atomic E-state index is 0.0401. The SMILES string of the molecule is CCc1sc2ncn(CCCCOc3ccc(C)cc3)c(=O)c2c1-c1ccc(Br)cc1. The van der Waals surface area contributed by atoms with E-state index in [-0.39, 0.29) is 5.56 Å². The van der Waals surface area contributed by atoms with Crippen molar-refractivity contribution in [3.8, 4) is 16.9 Å². The molecule has 0 N–H and O–H groups in total. The Bertz CT molecular complexity index is 1230. The fraction of sp³-hybridized carbons (Fsp3) is 0.280. The summed E-state index contributed by atoms with van der Waals surface area (Å²) in [7, 11) is 0. The minimum absolute atomic E-state index is 0.0401. The Kier molecular flexibility index (Phi) is 6.88. The molecule has 0 saturated heterocycles. The number of halogens is 1. The van der Waals surface area contributed by atoms with Crippen molar-refractivity contribution in [2.24, 2.45) is 0 Å². The molecule has 0 unspecified atom stereocenters. The van der Waals surface area contributed by atoms with Crippen LogP contribution in [0.1, 0.15) is 30.2 Å². The Hall–Kier alpha value is -2.44. The molecule has 0 aliphatic heterocycles. The van der Waals surface area contributed by atoms with Gasteiger partial charge in [0, 0.05) is 21.5 Å². The largest absolute Gasteiger partial charge is 0.494 e. The van der Waals surface area contributed by atoms with Gasteiger partial charge in [0.05, 0.1) is 18.3 Å². The zero-order chi connectivity index (χ0) is 21.8. The summed E-state index contributed by atoms with van der Waals surface area (Å²) >= 11 is 5.11. The number of rotatable bonds is 8. The Labute approximate surface area is 194 Å². The molecular formula is C25H25BrN2O2S. The third kappa shape index (κ3) is 4.91. The maximum absolute atomic E-state index is 13.3. The van der Waals surface area contributed by atoms with Crippen LogP contribution in [0.15, 0.2) is 64.1 Å². The number of benzene rings is 2. The first kappa shape index (κ1) is 21.8. The zero-order valence-electron chi connectivity index (χ0n) is 17.7. The Balaban J connectivity index is 1.50. The number of thiophene rings is 1. The summed E-state index contributed by atoms with van der Waals surface area (Å²) in [5.41, 5.74) is 3.36. The molecule has 0 radical (unpaired) electrons. The van der Waals surface area contributed by atoms with Gasteiger partial charge >= 0.3 is 0 Å². The van der Waals surface area contributed by atoms with E-state index >= 15 is 0 Å². The molecule has 0 bridgehead atoms. The van der Waals surface area contributed by atoms with Crippen LogP contribution in [-0.2, 0) is 13.0 Å². The maximum Gasteiger partial charge on any atom is 0.262 e. The summed E-state index contributed by atoms with van der Waals surface area (Å²) in [6, 6.07) is 16.2. The van der Waals surface area contributed by atoms with Crippen LogP contribution in [0.25, 0.3) is 21.3 Å². The molecule has 0 aliphatic rings. The van der Waals surface area contributed by atoms with E-state index in [2.05, 4.69) is 46.9 Å². The number of hydrogen-bond donors (Lipinski definition) is 0. The van der Waals surface area contributed by atoms with E-state index < -0.39 is 0 Å². The van der Waals surface area contributed by atoms with Gasteiger partial charge in [-0.15, -0.1) is 11.3 Å². The summed E-state index contributed by atoms with van der Waals surface area (Å²) in [6.45, 7) is 5.46. The molecule has 4 rings (SSSR count). The van der Waals surface area contributed by atoms with E-state index in [0.717, 1.165) is 50.8 Å². The fourth-order valence-electron chi connectivity index (χ4n) is 3.61. The lowest BCUT2D eigenvalue weighted by atomic mass is 10.0. The van der Waals surface area contributed by atoms with Crippen LogP contribution < -0.4 is 10.3 Å². The number of unbranched alkanes of at least 4 members (excludes halogenated alkanes) is 1. The van der Waals surface area contributed by atoms with E-state index in [9.17, 15) is 4.79 Å². The van der Waals surface area contributed by atoms with Gasteiger partial charge < -0.3 is 4.74 Å². The molecule has 4 aromatic rings. The van der Waals surface area contributed by atoms with Crippen LogP contribution in [0, 0.1) is 6.92 Å². The first-order valence-corrected chi connectivity index (χ1v) is 12.1. The van der Waals surface area contributed by atoms with Crippen molar-refractivity contribution in [3.05, 3.63) is 80.1 Å². The molecular weight excluding hydrogens is 472 g/mol. The molecule has 0 saturated carbocycles. The van der Waals surface area contributed by atoms with Gasteiger partial charge in [0.2, 0.25) is 0 Å². The molecule has 4 nitrogen and oxygen atoms in total. The lowest BCUT2D eigenvalue weighted by Gasteiger charge is -2.08. The van der Waals surface area contributed by atoms with Gasteiger partial charge in [0.25, 0.3) is 5.56 Å². The number of hydrogen-bond acceptors (Lipinski definition) is 4. The second-order valence-electron chi connectivity index (χ2n) is 7.55. The summed E-state index contributed by atoms with van der Waals surface area (Å²) < 4.78 is 8.56. The normalized spacial score (nSPS) is 11.2. The number of ether oxygens (including phenoxy) is 1. The van der Waals surface area contributed by atoms with Gasteiger partial charge in [-0.3, -0.25) is 9.36 Å². The smallest absolute Gasteiger partial charge is 0.262 e. The summed E-state index contributed by atoms with van der Waals surface area (Å²) in [5, 5.41) is 0.738. The van der Waals surface area contributed by atoms with Gasteiger partial charge in [-0.1, -0.05) is 52.7 Å². The van der Waals surface area contributed by atoms with Crippen molar-refractivity contribution < 1.29 is 4.74 Å². The molecule has 2 aromatic heterocycles. The molecule has 31 heavy (non-hydrogen) atoms. The predicted octanol–water partition coefficient (Wildman–Crippen LogP) is 6.62. The lowest BCUT2D eigenvalue weighted by molar-refractivity contribution is 0.303. The van der Waals surface area contributed by atoms with Gasteiger partial charge in [0.1, 0.15) is 10.6 Å². The zero-order valence-corrected chi connectivity index (χ0v) is 20.1. The van der Waals surface area contributed by atoms with E-state index in [0.29, 0.717) is 13.2 Å². The number of aromatic nitrogens is 2. The van der Waals surface area contributed by atoms with Crippen LogP contribution in [0.5, 0.6) is 5.75 Å². The summed E-state index contributed by atoms with van der Waals surface area (Å²) in [5.74, 6) is 0.885.